The molecule has 4 heteroatoms. The molecule has 1 amide bonds. The van der Waals surface area contributed by atoms with Gasteiger partial charge in [0.05, 0.1) is 12.3 Å². The maximum atomic E-state index is 11.1. The van der Waals surface area contributed by atoms with Gasteiger partial charge in [0, 0.05) is 5.56 Å². The van der Waals surface area contributed by atoms with Gasteiger partial charge in [-0.2, -0.15) is 0 Å². The van der Waals surface area contributed by atoms with Gasteiger partial charge in [-0.3, -0.25) is 9.59 Å². The van der Waals surface area contributed by atoms with Crippen molar-refractivity contribution >= 4 is 17.9 Å². The zero-order valence-corrected chi connectivity index (χ0v) is 9.03. The Bertz CT molecular complexity index is 413. The number of amides is 1. The first-order valence-electron chi connectivity index (χ1n) is 4.86. The predicted octanol–water partition coefficient (Wildman–Crippen LogP) is 2.02. The van der Waals surface area contributed by atoms with Gasteiger partial charge in [-0.05, 0) is 31.2 Å². The highest BCUT2D eigenvalue weighted by Gasteiger charge is 2.06. The van der Waals surface area contributed by atoms with Crippen LogP contribution in [0.4, 0.5) is 5.69 Å². The molecule has 0 radical (unpaired) electrons. The van der Waals surface area contributed by atoms with Crippen molar-refractivity contribution in [1.82, 2.24) is 0 Å². The third-order valence-corrected chi connectivity index (χ3v) is 1.88. The van der Waals surface area contributed by atoms with Gasteiger partial charge in [0.2, 0.25) is 5.91 Å². The largest absolute Gasteiger partial charge is 0.492 e. The van der Waals surface area contributed by atoms with E-state index in [4.69, 9.17) is 4.74 Å². The van der Waals surface area contributed by atoms with Gasteiger partial charge in [0.25, 0.3) is 0 Å². The highest BCUT2D eigenvalue weighted by atomic mass is 16.5. The first-order chi connectivity index (χ1) is 7.71. The van der Waals surface area contributed by atoms with Gasteiger partial charge in [-0.15, -0.1) is 0 Å². The second-order valence-electron chi connectivity index (χ2n) is 3.00. The highest BCUT2D eigenvalue weighted by Crippen LogP contribution is 2.25. The average molecular weight is 219 g/mol. The first kappa shape index (κ1) is 12.0. The molecule has 0 spiro atoms. The van der Waals surface area contributed by atoms with Crippen LogP contribution >= 0.6 is 0 Å². The molecule has 0 aliphatic rings. The third-order valence-electron chi connectivity index (χ3n) is 1.88. The second-order valence-corrected chi connectivity index (χ2v) is 3.00. The Morgan fingerprint density at radius 2 is 2.31 bits per heavy atom. The summed E-state index contributed by atoms with van der Waals surface area (Å²) in [5, 5.41) is 2.60. The molecule has 0 aliphatic carbocycles. The second kappa shape index (κ2) is 5.70. The summed E-state index contributed by atoms with van der Waals surface area (Å²) >= 11 is 0. The topological polar surface area (TPSA) is 55.4 Å². The molecule has 0 atom stereocenters. The molecule has 0 heterocycles. The molecule has 0 unspecified atom stereocenters. The quantitative estimate of drug-likeness (QED) is 0.609. The van der Waals surface area contributed by atoms with Crippen LogP contribution < -0.4 is 10.1 Å². The van der Waals surface area contributed by atoms with Crippen molar-refractivity contribution < 1.29 is 14.3 Å². The van der Waals surface area contributed by atoms with Gasteiger partial charge in [0.15, 0.2) is 0 Å². The van der Waals surface area contributed by atoms with E-state index in [9.17, 15) is 9.59 Å². The Kier molecular flexibility index (Phi) is 4.27. The predicted molar refractivity (Wildman–Crippen MR) is 61.8 cm³/mol. The number of benzene rings is 1. The van der Waals surface area contributed by atoms with E-state index in [1.54, 1.807) is 18.2 Å². The number of hydrogen-bond donors (Lipinski definition) is 1. The minimum Gasteiger partial charge on any atom is -0.492 e. The number of carbonyl (C=O) groups excluding carboxylic acids is 2. The number of ether oxygens (including phenoxy) is 1. The van der Waals surface area contributed by atoms with Crippen molar-refractivity contribution in [1.29, 1.82) is 0 Å². The van der Waals surface area contributed by atoms with Gasteiger partial charge < -0.3 is 10.1 Å². The van der Waals surface area contributed by atoms with E-state index in [2.05, 4.69) is 11.9 Å². The minimum absolute atomic E-state index is 0.320. The molecule has 0 fully saturated rings. The van der Waals surface area contributed by atoms with Crippen LogP contribution in [-0.4, -0.2) is 18.8 Å². The van der Waals surface area contributed by atoms with Crippen LogP contribution in [0.25, 0.3) is 0 Å². The smallest absolute Gasteiger partial charge is 0.247 e. The molecule has 0 saturated heterocycles. The fourth-order valence-corrected chi connectivity index (χ4v) is 1.17. The van der Waals surface area contributed by atoms with E-state index in [0.29, 0.717) is 23.6 Å². The number of anilines is 1. The Labute approximate surface area is 93.9 Å². The van der Waals surface area contributed by atoms with E-state index in [0.717, 1.165) is 6.29 Å². The summed E-state index contributed by atoms with van der Waals surface area (Å²) < 4.78 is 5.32. The fourth-order valence-electron chi connectivity index (χ4n) is 1.17. The SMILES string of the molecule is C=CC(=O)Nc1ccc(C=O)cc1OCC. The Hall–Kier alpha value is -2.10. The molecule has 84 valence electrons. The van der Waals surface area contributed by atoms with Crippen LogP contribution in [-0.2, 0) is 4.79 Å². The molecular formula is C12H13NO3. The highest BCUT2D eigenvalue weighted by molar-refractivity contribution is 6.00. The summed E-state index contributed by atoms with van der Waals surface area (Å²) in [7, 11) is 0. The monoisotopic (exact) mass is 219 g/mol. The lowest BCUT2D eigenvalue weighted by Gasteiger charge is -2.10. The lowest BCUT2D eigenvalue weighted by atomic mass is 10.2. The van der Waals surface area contributed by atoms with Gasteiger partial charge in [0.1, 0.15) is 12.0 Å². The van der Waals surface area contributed by atoms with Crippen LogP contribution in [0.3, 0.4) is 0 Å². The van der Waals surface area contributed by atoms with Gasteiger partial charge in [-0.25, -0.2) is 0 Å². The van der Waals surface area contributed by atoms with Gasteiger partial charge >= 0.3 is 0 Å². The molecule has 1 rings (SSSR count). The normalized spacial score (nSPS) is 9.31. The molecule has 1 aromatic carbocycles. The van der Waals surface area contributed by atoms with Crippen molar-refractivity contribution in [3.05, 3.63) is 36.4 Å². The number of aldehydes is 1. The first-order valence-corrected chi connectivity index (χ1v) is 4.86. The molecule has 4 nitrogen and oxygen atoms in total. The van der Waals surface area contributed by atoms with Crippen LogP contribution in [0.5, 0.6) is 5.75 Å². The zero-order chi connectivity index (χ0) is 12.0. The zero-order valence-electron chi connectivity index (χ0n) is 9.03. The number of rotatable bonds is 5. The van der Waals surface area contributed by atoms with Crippen LogP contribution in [0.2, 0.25) is 0 Å². The van der Waals surface area contributed by atoms with Crippen molar-refractivity contribution in [3.8, 4) is 5.75 Å². The van der Waals surface area contributed by atoms with E-state index < -0.39 is 0 Å². The molecule has 0 saturated carbocycles. The molecule has 0 bridgehead atoms. The molecule has 1 N–H and O–H groups in total. The van der Waals surface area contributed by atoms with E-state index in [1.165, 1.54) is 6.08 Å². The van der Waals surface area contributed by atoms with E-state index in [1.807, 2.05) is 6.92 Å². The molecule has 16 heavy (non-hydrogen) atoms. The molecular weight excluding hydrogens is 206 g/mol. The number of hydrogen-bond acceptors (Lipinski definition) is 3. The summed E-state index contributed by atoms with van der Waals surface area (Å²) in [6, 6.07) is 4.81. The van der Waals surface area contributed by atoms with E-state index >= 15 is 0 Å². The van der Waals surface area contributed by atoms with Crippen LogP contribution in [0, 0.1) is 0 Å². The van der Waals surface area contributed by atoms with Crippen molar-refractivity contribution in [2.24, 2.45) is 0 Å². The standard InChI is InChI=1S/C12H13NO3/c1-3-12(15)13-10-6-5-9(8-14)7-11(10)16-4-2/h3,5-8H,1,4H2,2H3,(H,13,15). The Morgan fingerprint density at radius 3 is 2.88 bits per heavy atom. The fraction of sp³-hybridized carbons (Fsp3) is 0.167. The number of nitrogens with one attached hydrogen (secondary N) is 1. The van der Waals surface area contributed by atoms with Crippen molar-refractivity contribution in [3.63, 3.8) is 0 Å². The summed E-state index contributed by atoms with van der Waals surface area (Å²) in [4.78, 5) is 21.7. The minimum atomic E-state index is -0.320. The van der Waals surface area contributed by atoms with Gasteiger partial charge in [-0.1, -0.05) is 6.58 Å². The molecule has 1 aromatic rings. The molecule has 0 aliphatic heterocycles. The summed E-state index contributed by atoms with van der Waals surface area (Å²) in [5.41, 5.74) is 1.03. The molecule has 0 aromatic heterocycles. The Balaban J connectivity index is 3.01. The van der Waals surface area contributed by atoms with Crippen LogP contribution in [0.1, 0.15) is 17.3 Å². The van der Waals surface area contributed by atoms with Crippen molar-refractivity contribution in [2.45, 2.75) is 6.92 Å². The van der Waals surface area contributed by atoms with Crippen molar-refractivity contribution in [2.75, 3.05) is 11.9 Å². The summed E-state index contributed by atoms with van der Waals surface area (Å²) in [6.07, 6.45) is 1.89. The maximum absolute atomic E-state index is 11.1. The lowest BCUT2D eigenvalue weighted by molar-refractivity contribution is -0.111. The van der Waals surface area contributed by atoms with Crippen LogP contribution in [0.15, 0.2) is 30.9 Å². The average Bonchev–Trinajstić information content (AvgIpc) is 2.31. The summed E-state index contributed by atoms with van der Waals surface area (Å²) in [6.45, 7) is 5.64. The summed E-state index contributed by atoms with van der Waals surface area (Å²) in [5.74, 6) is 0.155. The van der Waals surface area contributed by atoms with E-state index in [-0.39, 0.29) is 5.91 Å². The number of carbonyl (C=O) groups is 2. The Morgan fingerprint density at radius 1 is 1.56 bits per heavy atom. The third kappa shape index (κ3) is 2.95. The lowest BCUT2D eigenvalue weighted by Crippen LogP contribution is -2.09. The maximum Gasteiger partial charge on any atom is 0.247 e.